The van der Waals surface area contributed by atoms with Crippen LogP contribution in [0.1, 0.15) is 34.1 Å². The molecule has 162 valence electrons. The van der Waals surface area contributed by atoms with Gasteiger partial charge in [-0.05, 0) is 13.8 Å². The molecule has 1 amide bonds. The van der Waals surface area contributed by atoms with Crippen LogP contribution in [0, 0.1) is 34.5 Å². The number of hydrogen-bond donors (Lipinski definition) is 1. The lowest BCUT2D eigenvalue weighted by atomic mass is 9.85. The van der Waals surface area contributed by atoms with Crippen LogP contribution in [0.2, 0.25) is 0 Å². The Morgan fingerprint density at radius 3 is 2.07 bits per heavy atom. The first kappa shape index (κ1) is 23.0. The van der Waals surface area contributed by atoms with E-state index in [2.05, 4.69) is 10.1 Å². The molecule has 0 radical (unpaired) electrons. The summed E-state index contributed by atoms with van der Waals surface area (Å²) in [5, 5.41) is 2.41. The molecule has 1 aromatic carbocycles. The summed E-state index contributed by atoms with van der Waals surface area (Å²) in [6, 6.07) is 0. The molecule has 2 rings (SSSR count). The van der Waals surface area contributed by atoms with Gasteiger partial charge in [0.2, 0.25) is 40.7 Å². The van der Waals surface area contributed by atoms with Crippen molar-refractivity contribution in [3.8, 4) is 5.75 Å². The normalized spacial score (nSPS) is 20.2. The van der Waals surface area contributed by atoms with Gasteiger partial charge in [0, 0.05) is 12.0 Å². The Morgan fingerprint density at radius 1 is 1.00 bits per heavy atom. The molecular weight excluding hydrogens is 405 g/mol. The van der Waals surface area contributed by atoms with Crippen LogP contribution < -0.4 is 10.1 Å². The SMILES string of the molecule is CC1(C)OCC(C)(C)[C@H](C(=O)NCCC(=O)Oc2c(F)c(F)c(F)c(F)c2F)O1. The monoisotopic (exact) mass is 425 g/mol. The molecule has 0 unspecified atom stereocenters. The predicted molar refractivity (Wildman–Crippen MR) is 88.2 cm³/mol. The van der Waals surface area contributed by atoms with E-state index in [1.807, 2.05) is 0 Å². The Labute approximate surface area is 163 Å². The Hall–Kier alpha value is -2.27. The maximum Gasteiger partial charge on any atom is 0.313 e. The number of nitrogens with one attached hydrogen (secondary N) is 1. The number of halogens is 5. The Kier molecular flexibility index (Phi) is 6.53. The molecule has 0 spiro atoms. The van der Waals surface area contributed by atoms with Crippen molar-refractivity contribution in [1.82, 2.24) is 5.32 Å². The zero-order valence-corrected chi connectivity index (χ0v) is 16.1. The lowest BCUT2D eigenvalue weighted by Gasteiger charge is -2.44. The third-order valence-electron chi connectivity index (χ3n) is 4.16. The van der Waals surface area contributed by atoms with E-state index in [4.69, 9.17) is 9.47 Å². The second-order valence-corrected chi connectivity index (χ2v) is 7.59. The van der Waals surface area contributed by atoms with Crippen molar-refractivity contribution >= 4 is 11.9 Å². The molecule has 1 aromatic rings. The highest BCUT2D eigenvalue weighted by molar-refractivity contribution is 5.82. The molecule has 0 saturated carbocycles. The second-order valence-electron chi connectivity index (χ2n) is 7.59. The van der Waals surface area contributed by atoms with Crippen LogP contribution in [0.15, 0.2) is 0 Å². The molecule has 1 heterocycles. The van der Waals surface area contributed by atoms with Crippen LogP contribution in [0.25, 0.3) is 0 Å². The van der Waals surface area contributed by atoms with Gasteiger partial charge in [-0.1, -0.05) is 13.8 Å². The van der Waals surface area contributed by atoms with E-state index in [9.17, 15) is 31.5 Å². The van der Waals surface area contributed by atoms with Gasteiger partial charge in [-0.2, -0.15) is 8.78 Å². The number of ether oxygens (including phenoxy) is 3. The van der Waals surface area contributed by atoms with Gasteiger partial charge in [0.05, 0.1) is 13.0 Å². The third-order valence-corrected chi connectivity index (χ3v) is 4.16. The minimum atomic E-state index is -2.37. The van der Waals surface area contributed by atoms with Crippen LogP contribution in [-0.2, 0) is 19.1 Å². The second kappa shape index (κ2) is 8.23. The number of hydrogen-bond acceptors (Lipinski definition) is 5. The summed E-state index contributed by atoms with van der Waals surface area (Å²) in [6.07, 6.45) is -1.49. The molecule has 1 N–H and O–H groups in total. The minimum Gasteiger partial charge on any atom is -0.420 e. The average Bonchev–Trinajstić information content (AvgIpc) is 2.64. The van der Waals surface area contributed by atoms with Crippen molar-refractivity contribution in [3.05, 3.63) is 29.1 Å². The van der Waals surface area contributed by atoms with Gasteiger partial charge in [-0.15, -0.1) is 0 Å². The fourth-order valence-electron chi connectivity index (χ4n) is 2.54. The standard InChI is InChI=1S/C18H20F5NO5/c1-17(2)7-27-18(3,4)29-15(17)16(26)24-6-5-8(25)28-14-12(22)10(20)9(19)11(21)13(14)23/h15H,5-7H2,1-4H3,(H,24,26)/t15-/m0/s1. The maximum atomic E-state index is 13.5. The van der Waals surface area contributed by atoms with Gasteiger partial charge >= 0.3 is 5.97 Å². The van der Waals surface area contributed by atoms with E-state index in [1.165, 1.54) is 0 Å². The number of esters is 1. The fraction of sp³-hybridized carbons (Fsp3) is 0.556. The number of benzene rings is 1. The topological polar surface area (TPSA) is 73.9 Å². The van der Waals surface area contributed by atoms with Crippen LogP contribution in [0.5, 0.6) is 5.75 Å². The zero-order chi connectivity index (χ0) is 22.1. The van der Waals surface area contributed by atoms with E-state index in [0.717, 1.165) is 0 Å². The molecule has 1 aliphatic heterocycles. The highest BCUT2D eigenvalue weighted by atomic mass is 19.2. The lowest BCUT2D eigenvalue weighted by Crippen LogP contribution is -2.56. The van der Waals surface area contributed by atoms with Crippen molar-refractivity contribution in [1.29, 1.82) is 0 Å². The summed E-state index contributed by atoms with van der Waals surface area (Å²) >= 11 is 0. The molecule has 1 saturated heterocycles. The van der Waals surface area contributed by atoms with E-state index in [1.54, 1.807) is 27.7 Å². The smallest absolute Gasteiger partial charge is 0.313 e. The van der Waals surface area contributed by atoms with Crippen molar-refractivity contribution in [2.75, 3.05) is 13.2 Å². The van der Waals surface area contributed by atoms with Crippen molar-refractivity contribution in [2.24, 2.45) is 5.41 Å². The molecule has 6 nitrogen and oxygen atoms in total. The van der Waals surface area contributed by atoms with Crippen molar-refractivity contribution < 1.29 is 45.8 Å². The molecule has 29 heavy (non-hydrogen) atoms. The molecule has 1 fully saturated rings. The first-order valence-electron chi connectivity index (χ1n) is 8.58. The van der Waals surface area contributed by atoms with Gasteiger partial charge in [0.25, 0.3) is 0 Å². The van der Waals surface area contributed by atoms with Crippen molar-refractivity contribution in [3.63, 3.8) is 0 Å². The summed E-state index contributed by atoms with van der Waals surface area (Å²) in [5.74, 6) is -15.9. The highest BCUT2D eigenvalue weighted by Gasteiger charge is 2.45. The number of carbonyl (C=O) groups excluding carboxylic acids is 2. The Balaban J connectivity index is 1.96. The van der Waals surface area contributed by atoms with E-state index < -0.39 is 70.4 Å². The summed E-state index contributed by atoms with van der Waals surface area (Å²) in [4.78, 5) is 24.1. The maximum absolute atomic E-state index is 13.5. The summed E-state index contributed by atoms with van der Waals surface area (Å²) < 4.78 is 81.6. The third kappa shape index (κ3) is 5.02. The molecule has 1 aliphatic rings. The number of amides is 1. The van der Waals surface area contributed by atoms with Crippen LogP contribution in [-0.4, -0.2) is 36.9 Å². The van der Waals surface area contributed by atoms with E-state index in [0.29, 0.717) is 0 Å². The summed E-state index contributed by atoms with van der Waals surface area (Å²) in [7, 11) is 0. The molecule has 0 bridgehead atoms. The van der Waals surface area contributed by atoms with Crippen molar-refractivity contribution in [2.45, 2.75) is 46.0 Å². The van der Waals surface area contributed by atoms with E-state index >= 15 is 0 Å². The van der Waals surface area contributed by atoms with Crippen LogP contribution >= 0.6 is 0 Å². The van der Waals surface area contributed by atoms with Gasteiger partial charge in [-0.3, -0.25) is 9.59 Å². The first-order valence-corrected chi connectivity index (χ1v) is 8.58. The van der Waals surface area contributed by atoms with Gasteiger partial charge in [-0.25, -0.2) is 13.2 Å². The number of carbonyl (C=O) groups is 2. The minimum absolute atomic E-state index is 0.236. The molecular formula is C18H20F5NO5. The largest absolute Gasteiger partial charge is 0.420 e. The lowest BCUT2D eigenvalue weighted by molar-refractivity contribution is -0.304. The van der Waals surface area contributed by atoms with E-state index in [-0.39, 0.29) is 13.2 Å². The Bertz CT molecular complexity index is 798. The van der Waals surface area contributed by atoms with Gasteiger partial charge < -0.3 is 19.5 Å². The molecule has 0 aliphatic carbocycles. The highest BCUT2D eigenvalue weighted by Crippen LogP contribution is 2.35. The zero-order valence-electron chi connectivity index (χ0n) is 16.1. The Morgan fingerprint density at radius 2 is 1.52 bits per heavy atom. The number of rotatable bonds is 5. The van der Waals surface area contributed by atoms with Crippen LogP contribution in [0.4, 0.5) is 22.0 Å². The van der Waals surface area contributed by atoms with Crippen LogP contribution in [0.3, 0.4) is 0 Å². The molecule has 11 heteroatoms. The average molecular weight is 425 g/mol. The predicted octanol–water partition coefficient (Wildman–Crippen LogP) is 2.97. The molecule has 1 atom stereocenters. The summed E-state index contributed by atoms with van der Waals surface area (Å²) in [5.41, 5.74) is -0.671. The first-order chi connectivity index (χ1) is 13.3. The molecule has 0 aromatic heterocycles. The van der Waals surface area contributed by atoms with Gasteiger partial charge in [0.1, 0.15) is 6.10 Å². The summed E-state index contributed by atoms with van der Waals surface area (Å²) in [6.45, 7) is 6.66. The quantitative estimate of drug-likeness (QED) is 0.258. The van der Waals surface area contributed by atoms with Gasteiger partial charge in [0.15, 0.2) is 5.79 Å². The fourth-order valence-corrected chi connectivity index (χ4v) is 2.54.